The summed E-state index contributed by atoms with van der Waals surface area (Å²) in [6, 6.07) is 1.18. The van der Waals surface area contributed by atoms with Gasteiger partial charge >= 0.3 is 6.03 Å². The predicted molar refractivity (Wildman–Crippen MR) is 128 cm³/mol. The zero-order chi connectivity index (χ0) is 22.6. The Kier molecular flexibility index (Phi) is 11.8. The second-order valence-corrected chi connectivity index (χ2v) is 11.2. The van der Waals surface area contributed by atoms with Crippen molar-refractivity contribution in [2.45, 2.75) is 63.7 Å². The number of hydrogen-bond acceptors (Lipinski definition) is 6. The third-order valence-corrected chi connectivity index (χ3v) is 8.18. The standard InChI is InChI=1S/C23H45N3O5Si/c1-2-31-32-11-4-8-24-23(28)26(16-22-18-30-22)14-20-7-3-6-19(12-20)13-25(9-5-10-27)15-21-17-29-21/h19-22,27H,2-18,32H2,1H3,(H,24,28). The number of amides is 2. The van der Waals surface area contributed by atoms with E-state index in [9.17, 15) is 9.90 Å². The van der Waals surface area contributed by atoms with Crippen molar-refractivity contribution >= 4 is 15.8 Å². The summed E-state index contributed by atoms with van der Waals surface area (Å²) < 4.78 is 16.4. The molecule has 2 amide bonds. The Morgan fingerprint density at radius 1 is 1.09 bits per heavy atom. The quantitative estimate of drug-likeness (QED) is 0.188. The minimum Gasteiger partial charge on any atom is -0.424 e. The van der Waals surface area contributed by atoms with Gasteiger partial charge in [-0.2, -0.15) is 0 Å². The van der Waals surface area contributed by atoms with Crippen molar-refractivity contribution in [1.82, 2.24) is 15.1 Å². The molecule has 0 aromatic carbocycles. The Labute approximate surface area is 196 Å². The largest absolute Gasteiger partial charge is 0.424 e. The molecule has 186 valence electrons. The van der Waals surface area contributed by atoms with Crippen LogP contribution in [-0.4, -0.2) is 109 Å². The first-order valence-corrected chi connectivity index (χ1v) is 14.4. The number of carbonyl (C=O) groups excluding carboxylic acids is 1. The van der Waals surface area contributed by atoms with E-state index in [1.165, 1.54) is 25.7 Å². The van der Waals surface area contributed by atoms with Gasteiger partial charge in [0.2, 0.25) is 0 Å². The van der Waals surface area contributed by atoms with Gasteiger partial charge in [-0.25, -0.2) is 4.79 Å². The molecule has 1 aliphatic carbocycles. The van der Waals surface area contributed by atoms with Crippen LogP contribution in [0.3, 0.4) is 0 Å². The molecule has 2 heterocycles. The number of nitrogens with zero attached hydrogens (tertiary/aromatic N) is 2. The molecule has 2 N–H and O–H groups in total. The van der Waals surface area contributed by atoms with Crippen LogP contribution in [0.1, 0.15) is 45.4 Å². The minimum absolute atomic E-state index is 0.0659. The second kappa shape index (κ2) is 14.5. The van der Waals surface area contributed by atoms with Crippen LogP contribution in [0.5, 0.6) is 0 Å². The number of carbonyl (C=O) groups is 1. The molecule has 2 aliphatic heterocycles. The maximum absolute atomic E-state index is 12.9. The van der Waals surface area contributed by atoms with E-state index >= 15 is 0 Å². The summed E-state index contributed by atoms with van der Waals surface area (Å²) >= 11 is 0. The van der Waals surface area contributed by atoms with E-state index in [1.807, 2.05) is 11.8 Å². The van der Waals surface area contributed by atoms with E-state index in [4.69, 9.17) is 13.9 Å². The average Bonchev–Trinajstić information content (AvgIpc) is 3.71. The lowest BCUT2D eigenvalue weighted by molar-refractivity contribution is 0.132. The van der Waals surface area contributed by atoms with Crippen molar-refractivity contribution in [3.63, 3.8) is 0 Å². The first kappa shape index (κ1) is 25.9. The molecule has 3 fully saturated rings. The van der Waals surface area contributed by atoms with Gasteiger partial charge in [-0.1, -0.05) is 6.42 Å². The van der Waals surface area contributed by atoms with Crippen LogP contribution in [0.15, 0.2) is 0 Å². The van der Waals surface area contributed by atoms with Gasteiger partial charge in [0.25, 0.3) is 0 Å². The summed E-state index contributed by atoms with van der Waals surface area (Å²) in [5.41, 5.74) is 0. The Hall–Kier alpha value is -0.713. The molecule has 8 nitrogen and oxygen atoms in total. The third-order valence-electron chi connectivity index (χ3n) is 6.69. The number of ether oxygens (including phenoxy) is 2. The van der Waals surface area contributed by atoms with Gasteiger partial charge in [0.05, 0.1) is 32.0 Å². The number of urea groups is 1. The Bertz CT molecular complexity index is 536. The van der Waals surface area contributed by atoms with Crippen LogP contribution in [0, 0.1) is 11.8 Å². The van der Waals surface area contributed by atoms with Crippen LogP contribution in [0.4, 0.5) is 4.79 Å². The molecule has 3 aliphatic rings. The highest BCUT2D eigenvalue weighted by Gasteiger charge is 2.32. The summed E-state index contributed by atoms with van der Waals surface area (Å²) in [4.78, 5) is 17.4. The van der Waals surface area contributed by atoms with Crippen LogP contribution in [0.2, 0.25) is 6.04 Å². The second-order valence-electron chi connectivity index (χ2n) is 9.69. The van der Waals surface area contributed by atoms with Gasteiger partial charge in [-0.15, -0.1) is 0 Å². The van der Waals surface area contributed by atoms with E-state index in [-0.39, 0.29) is 18.7 Å². The Balaban J connectivity index is 1.42. The van der Waals surface area contributed by atoms with E-state index in [1.54, 1.807) is 0 Å². The fourth-order valence-corrected chi connectivity index (χ4v) is 5.81. The van der Waals surface area contributed by atoms with Crippen LogP contribution in [0.25, 0.3) is 0 Å². The molecule has 2 saturated heterocycles. The first-order valence-electron chi connectivity index (χ1n) is 12.8. The molecular formula is C23H45N3O5Si. The van der Waals surface area contributed by atoms with E-state index < -0.39 is 9.76 Å². The molecule has 0 aromatic heterocycles. The monoisotopic (exact) mass is 471 g/mol. The lowest BCUT2D eigenvalue weighted by Gasteiger charge is -2.35. The number of nitrogens with one attached hydrogen (secondary N) is 1. The first-order chi connectivity index (χ1) is 15.7. The van der Waals surface area contributed by atoms with Crippen LogP contribution >= 0.6 is 0 Å². The molecule has 0 radical (unpaired) electrons. The maximum Gasteiger partial charge on any atom is 0.317 e. The number of hydrogen-bond donors (Lipinski definition) is 2. The highest BCUT2D eigenvalue weighted by molar-refractivity contribution is 6.26. The molecular weight excluding hydrogens is 426 g/mol. The molecule has 0 bridgehead atoms. The van der Waals surface area contributed by atoms with E-state index in [2.05, 4.69) is 10.2 Å². The Morgan fingerprint density at radius 2 is 1.81 bits per heavy atom. The molecule has 0 aromatic rings. The fraction of sp³-hybridized carbons (Fsp3) is 0.957. The van der Waals surface area contributed by atoms with E-state index in [0.717, 1.165) is 71.4 Å². The summed E-state index contributed by atoms with van der Waals surface area (Å²) in [6.07, 6.45) is 7.32. The lowest BCUT2D eigenvalue weighted by atomic mass is 9.80. The van der Waals surface area contributed by atoms with Gasteiger partial charge in [0.1, 0.15) is 0 Å². The van der Waals surface area contributed by atoms with Gasteiger partial charge in [0.15, 0.2) is 9.76 Å². The van der Waals surface area contributed by atoms with Gasteiger partial charge in [-0.05, 0) is 56.9 Å². The molecule has 3 rings (SSSR count). The zero-order valence-electron chi connectivity index (χ0n) is 20.0. The van der Waals surface area contributed by atoms with Crippen molar-refractivity contribution in [1.29, 1.82) is 0 Å². The van der Waals surface area contributed by atoms with Gasteiger partial charge in [0, 0.05) is 45.9 Å². The summed E-state index contributed by atoms with van der Waals surface area (Å²) in [5, 5.41) is 12.4. The number of aliphatic hydroxyl groups is 1. The zero-order valence-corrected chi connectivity index (χ0v) is 21.4. The lowest BCUT2D eigenvalue weighted by Crippen LogP contribution is -2.45. The molecule has 32 heavy (non-hydrogen) atoms. The molecule has 4 unspecified atom stereocenters. The van der Waals surface area contributed by atoms with Crippen molar-refractivity contribution in [2.75, 3.05) is 65.7 Å². The van der Waals surface area contributed by atoms with Crippen LogP contribution in [-0.2, 0) is 13.9 Å². The highest BCUT2D eigenvalue weighted by Crippen LogP contribution is 2.31. The number of rotatable bonds is 17. The molecule has 0 spiro atoms. The molecule has 9 heteroatoms. The van der Waals surface area contributed by atoms with Gasteiger partial charge in [-0.3, -0.25) is 0 Å². The van der Waals surface area contributed by atoms with Crippen molar-refractivity contribution in [2.24, 2.45) is 11.8 Å². The third kappa shape index (κ3) is 10.5. The average molecular weight is 472 g/mol. The SMILES string of the molecule is CCO[SiH2]CCCNC(=O)N(CC1CCCC(CN(CCCO)CC2CO2)C1)CC1CO1. The topological polar surface area (TPSA) is 90.1 Å². The number of epoxide rings is 2. The number of aliphatic hydroxyl groups excluding tert-OH is 1. The molecule has 4 atom stereocenters. The van der Waals surface area contributed by atoms with Crippen LogP contribution < -0.4 is 5.32 Å². The van der Waals surface area contributed by atoms with Gasteiger partial charge < -0.3 is 34.1 Å². The summed E-state index contributed by atoms with van der Waals surface area (Å²) in [7, 11) is -0.418. The maximum atomic E-state index is 12.9. The van der Waals surface area contributed by atoms with Crippen molar-refractivity contribution in [3.05, 3.63) is 0 Å². The fourth-order valence-electron chi connectivity index (χ4n) is 4.86. The summed E-state index contributed by atoms with van der Waals surface area (Å²) in [5.74, 6) is 1.22. The highest BCUT2D eigenvalue weighted by atomic mass is 28.2. The molecule has 1 saturated carbocycles. The van der Waals surface area contributed by atoms with Crippen molar-refractivity contribution < 1.29 is 23.8 Å². The predicted octanol–water partition coefficient (Wildman–Crippen LogP) is 1.22. The van der Waals surface area contributed by atoms with E-state index in [0.29, 0.717) is 24.5 Å². The Morgan fingerprint density at radius 3 is 2.50 bits per heavy atom. The summed E-state index contributed by atoms with van der Waals surface area (Å²) in [6.45, 7) is 10.0. The normalized spacial score (nSPS) is 27.2. The smallest absolute Gasteiger partial charge is 0.317 e. The minimum atomic E-state index is -0.418. The van der Waals surface area contributed by atoms with Crippen molar-refractivity contribution in [3.8, 4) is 0 Å².